The zero-order valence-corrected chi connectivity index (χ0v) is 13.8. The number of methoxy groups -OCH3 is 1. The van der Waals surface area contributed by atoms with Crippen molar-refractivity contribution in [1.82, 2.24) is 9.88 Å². The van der Waals surface area contributed by atoms with Crippen LogP contribution in [0.25, 0.3) is 0 Å². The largest absolute Gasteiger partial charge is 0.494 e. The zero-order chi connectivity index (χ0) is 16.2. The molecule has 0 aliphatic carbocycles. The molecule has 1 fully saturated rings. The monoisotopic (exact) mass is 330 g/mol. The Morgan fingerprint density at radius 3 is 2.87 bits per heavy atom. The van der Waals surface area contributed by atoms with E-state index in [1.807, 2.05) is 17.0 Å². The van der Waals surface area contributed by atoms with E-state index in [1.54, 1.807) is 25.6 Å². The Morgan fingerprint density at radius 1 is 1.35 bits per heavy atom. The minimum Gasteiger partial charge on any atom is -0.494 e. The number of amides is 1. The van der Waals surface area contributed by atoms with Crippen LogP contribution >= 0.6 is 11.6 Å². The van der Waals surface area contributed by atoms with Crippen LogP contribution in [-0.4, -0.2) is 36.0 Å². The number of benzene rings is 1. The van der Waals surface area contributed by atoms with Crippen molar-refractivity contribution in [2.75, 3.05) is 20.2 Å². The number of pyridine rings is 1. The average molecular weight is 331 g/mol. The van der Waals surface area contributed by atoms with Crippen molar-refractivity contribution in [2.45, 2.75) is 12.8 Å². The maximum atomic E-state index is 12.7. The second kappa shape index (κ2) is 7.01. The molecular weight excluding hydrogens is 312 g/mol. The first-order valence-electron chi connectivity index (χ1n) is 7.69. The predicted molar refractivity (Wildman–Crippen MR) is 90.0 cm³/mol. The summed E-state index contributed by atoms with van der Waals surface area (Å²) in [6.45, 7) is 1.55. The molecule has 5 heteroatoms. The van der Waals surface area contributed by atoms with Crippen LogP contribution in [0.3, 0.4) is 0 Å². The molecule has 0 radical (unpaired) electrons. The molecule has 23 heavy (non-hydrogen) atoms. The highest BCUT2D eigenvalue weighted by atomic mass is 35.5. The lowest BCUT2D eigenvalue weighted by Gasteiger charge is -2.18. The number of carbonyl (C=O) groups excluding carboxylic acids is 1. The minimum absolute atomic E-state index is 0.0165. The van der Waals surface area contributed by atoms with Gasteiger partial charge in [0.25, 0.3) is 5.91 Å². The van der Waals surface area contributed by atoms with Gasteiger partial charge in [-0.3, -0.25) is 9.78 Å². The van der Waals surface area contributed by atoms with Gasteiger partial charge in [-0.15, -0.1) is 0 Å². The zero-order valence-electron chi connectivity index (χ0n) is 13.0. The fraction of sp³-hybridized carbons (Fsp3) is 0.333. The van der Waals surface area contributed by atoms with Crippen LogP contribution in [0.4, 0.5) is 0 Å². The van der Waals surface area contributed by atoms with E-state index in [4.69, 9.17) is 16.3 Å². The van der Waals surface area contributed by atoms with Crippen molar-refractivity contribution in [3.63, 3.8) is 0 Å². The molecule has 1 aliphatic rings. The van der Waals surface area contributed by atoms with Gasteiger partial charge in [-0.25, -0.2) is 0 Å². The van der Waals surface area contributed by atoms with Crippen molar-refractivity contribution in [2.24, 2.45) is 5.92 Å². The van der Waals surface area contributed by atoms with Crippen LogP contribution in [0.1, 0.15) is 22.3 Å². The molecule has 1 saturated heterocycles. The lowest BCUT2D eigenvalue weighted by molar-refractivity contribution is 0.0783. The van der Waals surface area contributed by atoms with E-state index in [9.17, 15) is 4.79 Å². The third-order valence-corrected chi connectivity index (χ3v) is 4.50. The first kappa shape index (κ1) is 15.8. The molecule has 2 aromatic rings. The van der Waals surface area contributed by atoms with E-state index in [0.717, 1.165) is 31.0 Å². The van der Waals surface area contributed by atoms with Crippen molar-refractivity contribution in [3.8, 4) is 5.75 Å². The summed E-state index contributed by atoms with van der Waals surface area (Å²) in [7, 11) is 1.56. The Kier molecular flexibility index (Phi) is 4.82. The van der Waals surface area contributed by atoms with Gasteiger partial charge in [-0.1, -0.05) is 23.7 Å². The number of halogens is 1. The standard InChI is InChI=1S/C18H19ClN2O2/c1-23-17-11-20-8-6-16(17)18(22)21-9-7-14(12-21)10-13-2-4-15(19)5-3-13/h2-6,8,11,14H,7,9-10,12H2,1H3. The first-order valence-corrected chi connectivity index (χ1v) is 8.07. The summed E-state index contributed by atoms with van der Waals surface area (Å²) in [5.74, 6) is 1.02. The van der Waals surface area contributed by atoms with Crippen molar-refractivity contribution >= 4 is 17.5 Å². The molecule has 1 unspecified atom stereocenters. The summed E-state index contributed by atoms with van der Waals surface area (Å²) in [6.07, 6.45) is 5.18. The summed E-state index contributed by atoms with van der Waals surface area (Å²) in [6, 6.07) is 9.65. The SMILES string of the molecule is COc1cnccc1C(=O)N1CCC(Cc2ccc(Cl)cc2)C1. The Balaban J connectivity index is 1.65. The third-order valence-electron chi connectivity index (χ3n) is 4.25. The van der Waals surface area contributed by atoms with Gasteiger partial charge in [-0.2, -0.15) is 0 Å². The van der Waals surface area contributed by atoms with E-state index < -0.39 is 0 Å². The van der Waals surface area contributed by atoms with Gasteiger partial charge in [0.1, 0.15) is 5.75 Å². The Bertz CT molecular complexity index is 688. The van der Waals surface area contributed by atoms with Gasteiger partial charge in [-0.05, 0) is 42.5 Å². The Hall–Kier alpha value is -2.07. The Morgan fingerprint density at radius 2 is 2.13 bits per heavy atom. The van der Waals surface area contributed by atoms with Gasteiger partial charge < -0.3 is 9.64 Å². The van der Waals surface area contributed by atoms with E-state index in [-0.39, 0.29) is 5.91 Å². The first-order chi connectivity index (χ1) is 11.2. The summed E-state index contributed by atoms with van der Waals surface area (Å²) < 4.78 is 5.24. The van der Waals surface area contributed by atoms with Crippen LogP contribution in [-0.2, 0) is 6.42 Å². The maximum Gasteiger partial charge on any atom is 0.257 e. The molecule has 4 nitrogen and oxygen atoms in total. The molecule has 2 heterocycles. The quantitative estimate of drug-likeness (QED) is 0.862. The van der Waals surface area contributed by atoms with Gasteiger partial charge in [0.05, 0.1) is 18.9 Å². The summed E-state index contributed by atoms with van der Waals surface area (Å²) in [4.78, 5) is 18.6. The summed E-state index contributed by atoms with van der Waals surface area (Å²) >= 11 is 5.92. The number of hydrogen-bond donors (Lipinski definition) is 0. The lowest BCUT2D eigenvalue weighted by Crippen LogP contribution is -2.29. The van der Waals surface area contributed by atoms with Gasteiger partial charge in [0, 0.05) is 24.3 Å². The molecule has 1 aromatic heterocycles. The minimum atomic E-state index is 0.0165. The van der Waals surface area contributed by atoms with Gasteiger partial charge in [0.15, 0.2) is 0 Å². The van der Waals surface area contributed by atoms with Crippen molar-refractivity contribution < 1.29 is 9.53 Å². The molecule has 0 saturated carbocycles. The second-order valence-electron chi connectivity index (χ2n) is 5.81. The van der Waals surface area contributed by atoms with Gasteiger partial charge >= 0.3 is 0 Å². The summed E-state index contributed by atoms with van der Waals surface area (Å²) in [5, 5.41) is 0.752. The maximum absolute atomic E-state index is 12.7. The molecule has 0 N–H and O–H groups in total. The van der Waals surface area contributed by atoms with Crippen molar-refractivity contribution in [1.29, 1.82) is 0 Å². The molecule has 0 bridgehead atoms. The fourth-order valence-electron chi connectivity index (χ4n) is 3.03. The fourth-order valence-corrected chi connectivity index (χ4v) is 3.15. The van der Waals surface area contributed by atoms with Crippen LogP contribution < -0.4 is 4.74 Å². The normalized spacial score (nSPS) is 17.3. The van der Waals surface area contributed by atoms with E-state index in [2.05, 4.69) is 17.1 Å². The van der Waals surface area contributed by atoms with Crippen LogP contribution in [0.15, 0.2) is 42.7 Å². The molecule has 0 spiro atoms. The smallest absolute Gasteiger partial charge is 0.257 e. The molecule has 1 atom stereocenters. The van der Waals surface area contributed by atoms with E-state index in [0.29, 0.717) is 17.2 Å². The van der Waals surface area contributed by atoms with Crippen LogP contribution in [0.2, 0.25) is 5.02 Å². The number of carbonyl (C=O) groups is 1. The number of nitrogens with zero attached hydrogens (tertiary/aromatic N) is 2. The van der Waals surface area contributed by atoms with Gasteiger partial charge in [0.2, 0.25) is 0 Å². The van der Waals surface area contributed by atoms with Crippen LogP contribution in [0.5, 0.6) is 5.75 Å². The second-order valence-corrected chi connectivity index (χ2v) is 6.25. The molecule has 3 rings (SSSR count). The third kappa shape index (κ3) is 3.64. The topological polar surface area (TPSA) is 42.4 Å². The highest BCUT2D eigenvalue weighted by Gasteiger charge is 2.28. The van der Waals surface area contributed by atoms with E-state index in [1.165, 1.54) is 5.56 Å². The molecule has 1 aliphatic heterocycles. The number of hydrogen-bond acceptors (Lipinski definition) is 3. The molecule has 120 valence electrons. The number of likely N-dealkylation sites (tertiary alicyclic amines) is 1. The molecule has 1 aromatic carbocycles. The number of rotatable bonds is 4. The predicted octanol–water partition coefficient (Wildman–Crippen LogP) is 3.45. The molecular formula is C18H19ClN2O2. The Labute approximate surface area is 141 Å². The van der Waals surface area contributed by atoms with Crippen molar-refractivity contribution in [3.05, 3.63) is 58.9 Å². The lowest BCUT2D eigenvalue weighted by atomic mass is 9.99. The molecule has 1 amide bonds. The highest BCUT2D eigenvalue weighted by Crippen LogP contribution is 2.25. The van der Waals surface area contributed by atoms with Crippen LogP contribution in [0, 0.1) is 5.92 Å². The summed E-state index contributed by atoms with van der Waals surface area (Å²) in [5.41, 5.74) is 1.84. The van der Waals surface area contributed by atoms with E-state index >= 15 is 0 Å². The number of aromatic nitrogens is 1. The number of ether oxygens (including phenoxy) is 1. The highest BCUT2D eigenvalue weighted by molar-refractivity contribution is 6.30. The average Bonchev–Trinajstić information content (AvgIpc) is 3.05.